The first-order valence-corrected chi connectivity index (χ1v) is 6.17. The first-order valence-electron chi connectivity index (χ1n) is 5.79. The lowest BCUT2D eigenvalue weighted by Gasteiger charge is -2.32. The van der Waals surface area contributed by atoms with Crippen LogP contribution in [0.25, 0.3) is 0 Å². The van der Waals surface area contributed by atoms with Crippen LogP contribution in [0.2, 0.25) is 5.02 Å². The summed E-state index contributed by atoms with van der Waals surface area (Å²) in [7, 11) is 1.85. The number of nitrogens with zero attached hydrogens (tertiary/aromatic N) is 2. The molecule has 1 aromatic rings. The third-order valence-electron chi connectivity index (χ3n) is 3.18. The van der Waals surface area contributed by atoms with E-state index in [1.807, 2.05) is 0 Å². The molecule has 0 aromatic heterocycles. The molecule has 0 saturated heterocycles. The van der Waals surface area contributed by atoms with E-state index in [4.69, 9.17) is 11.6 Å². The number of carbonyl (C=O) groups excluding carboxylic acids is 1. The number of benzene rings is 1. The molecule has 0 aliphatic rings. The smallest absolute Gasteiger partial charge is 0.361 e. The van der Waals surface area contributed by atoms with Gasteiger partial charge in [-0.3, -0.25) is 14.9 Å². The van der Waals surface area contributed by atoms with Gasteiger partial charge in [0, 0.05) is 25.9 Å². The van der Waals surface area contributed by atoms with E-state index < -0.39 is 28.3 Å². The van der Waals surface area contributed by atoms with E-state index in [0.717, 1.165) is 32.4 Å². The Morgan fingerprint density at radius 3 is 2.32 bits per heavy atom. The van der Waals surface area contributed by atoms with Crippen LogP contribution in [0.1, 0.15) is 6.92 Å². The molecule has 0 saturated carbocycles. The minimum absolute atomic E-state index is 0.0341. The van der Waals surface area contributed by atoms with Crippen LogP contribution in [0, 0.1) is 10.1 Å². The normalized spacial score (nSPS) is 14.3. The Balaban J connectivity index is 3.21. The largest absolute Gasteiger partial charge is 0.426 e. The average molecular weight is 341 g/mol. The number of halogens is 4. The van der Waals surface area contributed by atoms with Crippen LogP contribution in [0.5, 0.6) is 0 Å². The van der Waals surface area contributed by atoms with Crippen LogP contribution < -0.4 is 4.90 Å². The van der Waals surface area contributed by atoms with Gasteiger partial charge in [0.2, 0.25) is 5.60 Å². The van der Waals surface area contributed by atoms with Crippen LogP contribution in [0.15, 0.2) is 18.2 Å². The number of anilines is 1. The molecule has 6 nitrogen and oxygen atoms in total. The molecule has 0 heterocycles. The molecule has 1 unspecified atom stereocenters. The van der Waals surface area contributed by atoms with Crippen molar-refractivity contribution in [1.29, 1.82) is 0 Å². The van der Waals surface area contributed by atoms with Gasteiger partial charge in [0.15, 0.2) is 0 Å². The fourth-order valence-electron chi connectivity index (χ4n) is 1.61. The molecule has 1 amide bonds. The first-order chi connectivity index (χ1) is 9.95. The number of hydrogen-bond donors (Lipinski definition) is 0. The van der Waals surface area contributed by atoms with Crippen molar-refractivity contribution in [3.8, 4) is 0 Å². The molecular formula is C12H12ClF3N2O4. The number of hydrogen-bond acceptors (Lipinski definition) is 4. The molecule has 1 rings (SSSR count). The Kier molecular flexibility index (Phi) is 5.03. The monoisotopic (exact) mass is 340 g/mol. The summed E-state index contributed by atoms with van der Waals surface area (Å²) in [4.78, 5) is 22.6. The number of carbonyl (C=O) groups is 1. The van der Waals surface area contributed by atoms with Crippen molar-refractivity contribution in [2.24, 2.45) is 0 Å². The maximum absolute atomic E-state index is 13.0. The van der Waals surface area contributed by atoms with Crippen molar-refractivity contribution in [2.45, 2.75) is 18.7 Å². The van der Waals surface area contributed by atoms with Gasteiger partial charge in [0.05, 0.1) is 4.92 Å². The molecular weight excluding hydrogens is 329 g/mol. The van der Waals surface area contributed by atoms with E-state index in [0.29, 0.717) is 11.8 Å². The van der Waals surface area contributed by atoms with E-state index in [1.165, 1.54) is 0 Å². The fraction of sp³-hybridized carbons (Fsp3) is 0.417. The van der Waals surface area contributed by atoms with Gasteiger partial charge in [0.1, 0.15) is 5.02 Å². The molecule has 0 radical (unpaired) electrons. The Bertz CT molecular complexity index is 609. The van der Waals surface area contributed by atoms with Crippen molar-refractivity contribution in [3.63, 3.8) is 0 Å². The number of alkyl halides is 3. The quantitative estimate of drug-likeness (QED) is 0.623. The Hall–Kier alpha value is -1.87. The van der Waals surface area contributed by atoms with Crippen molar-refractivity contribution in [1.82, 2.24) is 0 Å². The molecule has 122 valence electrons. The summed E-state index contributed by atoms with van der Waals surface area (Å²) in [6.45, 7) is 0.596. The standard InChI is InChI=1S/C12H12ClF3N2O4/c1-11(22-3,12(14,15)16)10(19)17(2)7-4-5-9(18(20)21)8(13)6-7/h4-6H,1-3H3. The molecule has 0 N–H and O–H groups in total. The minimum atomic E-state index is -4.93. The number of amides is 1. The first kappa shape index (κ1) is 18.2. The summed E-state index contributed by atoms with van der Waals surface area (Å²) in [5.41, 5.74) is -3.50. The predicted octanol–water partition coefficient (Wildman–Crippen LogP) is 3.18. The molecule has 10 heteroatoms. The van der Waals surface area contributed by atoms with E-state index >= 15 is 0 Å². The average Bonchev–Trinajstić information content (AvgIpc) is 2.42. The van der Waals surface area contributed by atoms with Gasteiger partial charge in [-0.25, -0.2) is 0 Å². The van der Waals surface area contributed by atoms with Gasteiger partial charge >= 0.3 is 6.18 Å². The molecule has 0 spiro atoms. The van der Waals surface area contributed by atoms with Gasteiger partial charge in [-0.15, -0.1) is 0 Å². The van der Waals surface area contributed by atoms with E-state index in [1.54, 1.807) is 0 Å². The molecule has 0 fully saturated rings. The minimum Gasteiger partial charge on any atom is -0.361 e. The lowest BCUT2D eigenvalue weighted by molar-refractivity contribution is -0.384. The van der Waals surface area contributed by atoms with E-state index in [-0.39, 0.29) is 10.7 Å². The third-order valence-corrected chi connectivity index (χ3v) is 3.48. The molecule has 1 aromatic carbocycles. The molecule has 0 bridgehead atoms. The van der Waals surface area contributed by atoms with Crippen molar-refractivity contribution in [3.05, 3.63) is 33.3 Å². The zero-order valence-electron chi connectivity index (χ0n) is 11.8. The molecule has 0 aliphatic heterocycles. The Labute approximate surface area is 128 Å². The fourth-order valence-corrected chi connectivity index (χ4v) is 1.86. The summed E-state index contributed by atoms with van der Waals surface area (Å²) in [5.74, 6) is -1.38. The highest BCUT2D eigenvalue weighted by Gasteiger charge is 2.58. The zero-order valence-corrected chi connectivity index (χ0v) is 12.5. The van der Waals surface area contributed by atoms with Gasteiger partial charge < -0.3 is 9.64 Å². The summed E-state index contributed by atoms with van der Waals surface area (Å²) >= 11 is 5.68. The van der Waals surface area contributed by atoms with Crippen LogP contribution in [-0.4, -0.2) is 36.8 Å². The second kappa shape index (κ2) is 6.09. The van der Waals surface area contributed by atoms with Crippen LogP contribution in [-0.2, 0) is 9.53 Å². The summed E-state index contributed by atoms with van der Waals surface area (Å²) in [5, 5.41) is 10.3. The van der Waals surface area contributed by atoms with E-state index in [2.05, 4.69) is 4.74 Å². The number of rotatable bonds is 4. The maximum Gasteiger partial charge on any atom is 0.426 e. The highest BCUT2D eigenvalue weighted by molar-refractivity contribution is 6.33. The van der Waals surface area contributed by atoms with Crippen LogP contribution in [0.4, 0.5) is 24.5 Å². The molecule has 0 aliphatic carbocycles. The SMILES string of the molecule is COC(C)(C(=O)N(C)c1ccc([N+](=O)[O-])c(Cl)c1)C(F)(F)F. The number of methoxy groups -OCH3 is 1. The summed E-state index contributed by atoms with van der Waals surface area (Å²) < 4.78 is 43.3. The van der Waals surface area contributed by atoms with Crippen LogP contribution in [0.3, 0.4) is 0 Å². The van der Waals surface area contributed by atoms with Crippen molar-refractivity contribution >= 4 is 28.9 Å². The Morgan fingerprint density at radius 1 is 1.41 bits per heavy atom. The zero-order chi connectivity index (χ0) is 17.3. The second-order valence-corrected chi connectivity index (χ2v) is 4.90. The predicted molar refractivity (Wildman–Crippen MR) is 73.0 cm³/mol. The maximum atomic E-state index is 13.0. The lowest BCUT2D eigenvalue weighted by atomic mass is 10.0. The second-order valence-electron chi connectivity index (χ2n) is 4.49. The number of nitro benzene ring substituents is 1. The number of ether oxygens (including phenoxy) is 1. The van der Waals surface area contributed by atoms with Crippen LogP contribution >= 0.6 is 11.6 Å². The molecule has 22 heavy (non-hydrogen) atoms. The van der Waals surface area contributed by atoms with Crippen molar-refractivity contribution in [2.75, 3.05) is 19.1 Å². The topological polar surface area (TPSA) is 72.7 Å². The number of nitro groups is 1. The van der Waals surface area contributed by atoms with Gasteiger partial charge in [-0.2, -0.15) is 13.2 Å². The highest BCUT2D eigenvalue weighted by atomic mass is 35.5. The van der Waals surface area contributed by atoms with Gasteiger partial charge in [0.25, 0.3) is 11.6 Å². The molecule has 1 atom stereocenters. The Morgan fingerprint density at radius 2 is 1.95 bits per heavy atom. The third kappa shape index (κ3) is 3.14. The number of likely N-dealkylation sites (N-methyl/N-ethyl adjacent to an activating group) is 1. The van der Waals surface area contributed by atoms with E-state index in [9.17, 15) is 28.1 Å². The summed E-state index contributed by atoms with van der Waals surface area (Å²) in [6, 6.07) is 3.15. The van der Waals surface area contributed by atoms with Gasteiger partial charge in [-0.05, 0) is 19.1 Å². The lowest BCUT2D eigenvalue weighted by Crippen LogP contribution is -2.56. The van der Waals surface area contributed by atoms with Crippen molar-refractivity contribution < 1.29 is 27.6 Å². The highest BCUT2D eigenvalue weighted by Crippen LogP contribution is 2.36. The van der Waals surface area contributed by atoms with Gasteiger partial charge in [-0.1, -0.05) is 11.6 Å². The summed E-state index contributed by atoms with van der Waals surface area (Å²) in [6.07, 6.45) is -4.93.